The smallest absolute Gasteiger partial charge is 0.414 e. The number of hydrogen-bond acceptors (Lipinski definition) is 4. The minimum Gasteiger partial charge on any atom is -0.465 e. The van der Waals surface area contributed by atoms with Crippen molar-refractivity contribution >= 4 is 17.7 Å². The molecule has 0 bridgehead atoms. The summed E-state index contributed by atoms with van der Waals surface area (Å²) in [6.45, 7) is 8.24. The fourth-order valence-electron chi connectivity index (χ4n) is 3.36. The standard InChI is InChI=1S/C22H25NO4/c1-14-12-18(15-6-8-16(9-7-15)20(24)26-5)13-17-10-11-23(19(14)17)21(25)27-22(2,3)4/h6-9,12-13H,10-11H2,1-5H3. The second kappa shape index (κ2) is 7.06. The average Bonchev–Trinajstić information content (AvgIpc) is 3.04. The number of benzene rings is 2. The van der Waals surface area contributed by atoms with Crippen molar-refractivity contribution in [3.8, 4) is 11.1 Å². The van der Waals surface area contributed by atoms with Gasteiger partial charge in [0, 0.05) is 6.54 Å². The van der Waals surface area contributed by atoms with Gasteiger partial charge in [-0.05, 0) is 80.6 Å². The third kappa shape index (κ3) is 3.97. The molecule has 0 N–H and O–H groups in total. The Morgan fingerprint density at radius 2 is 1.70 bits per heavy atom. The Morgan fingerprint density at radius 3 is 2.30 bits per heavy atom. The van der Waals surface area contributed by atoms with E-state index in [0.29, 0.717) is 12.1 Å². The molecule has 0 unspecified atom stereocenters. The van der Waals surface area contributed by atoms with Crippen LogP contribution in [0.4, 0.5) is 10.5 Å². The van der Waals surface area contributed by atoms with E-state index in [4.69, 9.17) is 9.47 Å². The second-order valence-corrected chi connectivity index (χ2v) is 7.75. The first-order chi connectivity index (χ1) is 12.7. The van der Waals surface area contributed by atoms with Crippen molar-refractivity contribution < 1.29 is 19.1 Å². The number of anilines is 1. The third-order valence-electron chi connectivity index (χ3n) is 4.51. The Morgan fingerprint density at radius 1 is 1.04 bits per heavy atom. The number of esters is 1. The molecule has 1 heterocycles. The van der Waals surface area contributed by atoms with Crippen LogP contribution in [0.25, 0.3) is 11.1 Å². The van der Waals surface area contributed by atoms with Crippen LogP contribution in [-0.2, 0) is 15.9 Å². The topological polar surface area (TPSA) is 55.8 Å². The van der Waals surface area contributed by atoms with Crippen LogP contribution >= 0.6 is 0 Å². The summed E-state index contributed by atoms with van der Waals surface area (Å²) in [6, 6.07) is 11.5. The van der Waals surface area contributed by atoms with Crippen molar-refractivity contribution in [3.05, 3.63) is 53.1 Å². The second-order valence-electron chi connectivity index (χ2n) is 7.75. The van der Waals surface area contributed by atoms with E-state index in [1.54, 1.807) is 17.0 Å². The summed E-state index contributed by atoms with van der Waals surface area (Å²) in [6.07, 6.45) is 0.489. The number of aryl methyl sites for hydroxylation is 1. The van der Waals surface area contributed by atoms with Crippen LogP contribution in [0.2, 0.25) is 0 Å². The van der Waals surface area contributed by atoms with Gasteiger partial charge in [0.05, 0.1) is 18.4 Å². The van der Waals surface area contributed by atoms with Crippen LogP contribution < -0.4 is 4.90 Å². The fraction of sp³-hybridized carbons (Fsp3) is 0.364. The van der Waals surface area contributed by atoms with E-state index in [1.807, 2.05) is 39.8 Å². The first-order valence-electron chi connectivity index (χ1n) is 9.02. The van der Waals surface area contributed by atoms with E-state index in [2.05, 4.69) is 12.1 Å². The molecule has 1 amide bonds. The number of nitrogens with zero attached hydrogens (tertiary/aromatic N) is 1. The monoisotopic (exact) mass is 367 g/mol. The van der Waals surface area contributed by atoms with Crippen molar-refractivity contribution in [2.75, 3.05) is 18.6 Å². The summed E-state index contributed by atoms with van der Waals surface area (Å²) in [7, 11) is 1.37. The van der Waals surface area contributed by atoms with Gasteiger partial charge in [0.25, 0.3) is 0 Å². The summed E-state index contributed by atoms with van der Waals surface area (Å²) in [4.78, 5) is 25.8. The predicted octanol–water partition coefficient (Wildman–Crippen LogP) is 4.75. The van der Waals surface area contributed by atoms with E-state index in [0.717, 1.165) is 34.4 Å². The molecular formula is C22H25NO4. The SMILES string of the molecule is COC(=O)c1ccc(-c2cc(C)c3c(c2)CCN3C(=O)OC(C)(C)C)cc1. The van der Waals surface area contributed by atoms with Crippen LogP contribution in [0.3, 0.4) is 0 Å². The highest BCUT2D eigenvalue weighted by Crippen LogP contribution is 2.36. The van der Waals surface area contributed by atoms with E-state index >= 15 is 0 Å². The largest absolute Gasteiger partial charge is 0.465 e. The molecule has 2 aromatic rings. The lowest BCUT2D eigenvalue weighted by molar-refractivity contribution is 0.0579. The molecule has 0 saturated heterocycles. The first kappa shape index (κ1) is 19.0. The Kier molecular flexibility index (Phi) is 4.96. The Balaban J connectivity index is 1.90. The van der Waals surface area contributed by atoms with Crippen molar-refractivity contribution in [1.82, 2.24) is 0 Å². The Labute approximate surface area is 159 Å². The van der Waals surface area contributed by atoms with Gasteiger partial charge in [0.1, 0.15) is 5.60 Å². The van der Waals surface area contributed by atoms with Crippen molar-refractivity contribution in [2.24, 2.45) is 0 Å². The van der Waals surface area contributed by atoms with Gasteiger partial charge in [0.2, 0.25) is 0 Å². The molecule has 5 heteroatoms. The van der Waals surface area contributed by atoms with Crippen LogP contribution in [0.1, 0.15) is 42.3 Å². The maximum Gasteiger partial charge on any atom is 0.414 e. The molecule has 5 nitrogen and oxygen atoms in total. The Hall–Kier alpha value is -2.82. The summed E-state index contributed by atoms with van der Waals surface area (Å²) >= 11 is 0. The van der Waals surface area contributed by atoms with Crippen LogP contribution in [0, 0.1) is 6.92 Å². The summed E-state index contributed by atoms with van der Waals surface area (Å²) < 4.78 is 10.3. The molecule has 0 radical (unpaired) electrons. The molecule has 0 spiro atoms. The molecule has 1 aliphatic heterocycles. The number of carbonyl (C=O) groups is 2. The molecule has 0 aliphatic carbocycles. The molecule has 0 aromatic heterocycles. The van der Waals surface area contributed by atoms with Gasteiger partial charge >= 0.3 is 12.1 Å². The number of carbonyl (C=O) groups excluding carboxylic acids is 2. The zero-order valence-corrected chi connectivity index (χ0v) is 16.5. The maximum absolute atomic E-state index is 12.5. The predicted molar refractivity (Wildman–Crippen MR) is 105 cm³/mol. The molecule has 0 saturated carbocycles. The molecule has 27 heavy (non-hydrogen) atoms. The van der Waals surface area contributed by atoms with Gasteiger partial charge in [-0.15, -0.1) is 0 Å². The van der Waals surface area contributed by atoms with Crippen molar-refractivity contribution in [3.63, 3.8) is 0 Å². The highest BCUT2D eigenvalue weighted by molar-refractivity contribution is 5.93. The van der Waals surface area contributed by atoms with Gasteiger partial charge in [-0.3, -0.25) is 4.90 Å². The molecule has 2 aromatic carbocycles. The molecule has 142 valence electrons. The average molecular weight is 367 g/mol. The molecule has 0 atom stereocenters. The zero-order valence-electron chi connectivity index (χ0n) is 16.5. The van der Waals surface area contributed by atoms with Crippen LogP contribution in [0.15, 0.2) is 36.4 Å². The van der Waals surface area contributed by atoms with E-state index in [1.165, 1.54) is 7.11 Å². The number of amides is 1. The maximum atomic E-state index is 12.5. The minimum absolute atomic E-state index is 0.306. The summed E-state index contributed by atoms with van der Waals surface area (Å²) in [5.41, 5.74) is 5.19. The number of methoxy groups -OCH3 is 1. The lowest BCUT2D eigenvalue weighted by atomic mass is 9.97. The lowest BCUT2D eigenvalue weighted by Gasteiger charge is -2.25. The van der Waals surface area contributed by atoms with Gasteiger partial charge in [-0.2, -0.15) is 0 Å². The quantitative estimate of drug-likeness (QED) is 0.719. The molecule has 1 aliphatic rings. The normalized spacial score (nSPS) is 13.3. The third-order valence-corrected chi connectivity index (χ3v) is 4.51. The zero-order chi connectivity index (χ0) is 19.8. The number of fused-ring (bicyclic) bond motifs is 1. The van der Waals surface area contributed by atoms with Gasteiger partial charge in [0.15, 0.2) is 0 Å². The number of ether oxygens (including phenoxy) is 2. The molecule has 0 fully saturated rings. The fourth-order valence-corrected chi connectivity index (χ4v) is 3.36. The van der Waals surface area contributed by atoms with Crippen molar-refractivity contribution in [2.45, 2.75) is 39.7 Å². The van der Waals surface area contributed by atoms with Crippen molar-refractivity contribution in [1.29, 1.82) is 0 Å². The van der Waals surface area contributed by atoms with Gasteiger partial charge in [-0.25, -0.2) is 9.59 Å². The van der Waals surface area contributed by atoms with Gasteiger partial charge < -0.3 is 9.47 Å². The summed E-state index contributed by atoms with van der Waals surface area (Å²) in [5, 5.41) is 0. The Bertz CT molecular complexity index is 878. The van der Waals surface area contributed by atoms with Crippen LogP contribution in [0.5, 0.6) is 0 Å². The van der Waals surface area contributed by atoms with E-state index in [-0.39, 0.29) is 12.1 Å². The number of rotatable bonds is 2. The highest BCUT2D eigenvalue weighted by atomic mass is 16.6. The van der Waals surface area contributed by atoms with E-state index < -0.39 is 5.60 Å². The minimum atomic E-state index is -0.519. The molecular weight excluding hydrogens is 342 g/mol. The van der Waals surface area contributed by atoms with Crippen LogP contribution in [-0.4, -0.2) is 31.3 Å². The first-order valence-corrected chi connectivity index (χ1v) is 9.02. The lowest BCUT2D eigenvalue weighted by Crippen LogP contribution is -2.36. The summed E-state index contributed by atoms with van der Waals surface area (Å²) in [5.74, 6) is -0.348. The van der Waals surface area contributed by atoms with E-state index in [9.17, 15) is 9.59 Å². The van der Waals surface area contributed by atoms with Gasteiger partial charge in [-0.1, -0.05) is 12.1 Å². The number of hydrogen-bond donors (Lipinski definition) is 0. The highest BCUT2D eigenvalue weighted by Gasteiger charge is 2.30. The molecule has 3 rings (SSSR count).